The number of anilines is 1. The minimum Gasteiger partial charge on any atom is -0.444 e. The topological polar surface area (TPSA) is 70.6 Å². The van der Waals surface area contributed by atoms with Crippen LogP contribution in [0, 0.1) is 5.41 Å². The number of carbonyl (C=O) groups excluding carboxylic acids is 1. The van der Waals surface area contributed by atoms with E-state index in [4.69, 9.17) is 4.74 Å². The molecule has 0 aliphatic rings. The molecule has 5 heteroatoms. The highest BCUT2D eigenvalue weighted by Crippen LogP contribution is 2.16. The predicted molar refractivity (Wildman–Crippen MR) is 88.9 cm³/mol. The number of aliphatic hydroxyl groups is 1. The van der Waals surface area contributed by atoms with Crippen molar-refractivity contribution in [3.05, 3.63) is 29.8 Å². The molecule has 1 rings (SSSR count). The molecular formula is C17H28N2O3. The maximum absolute atomic E-state index is 11.6. The lowest BCUT2D eigenvalue weighted by Gasteiger charge is -2.22. The zero-order valence-electron chi connectivity index (χ0n) is 14.2. The highest BCUT2D eigenvalue weighted by atomic mass is 16.6. The van der Waals surface area contributed by atoms with Crippen molar-refractivity contribution in [2.24, 2.45) is 5.41 Å². The number of benzene rings is 1. The monoisotopic (exact) mass is 308 g/mol. The maximum atomic E-state index is 11.6. The van der Waals surface area contributed by atoms with Gasteiger partial charge in [-0.25, -0.2) is 4.79 Å². The second-order valence-electron chi connectivity index (χ2n) is 7.23. The molecule has 0 heterocycles. The summed E-state index contributed by atoms with van der Waals surface area (Å²) in [5, 5.41) is 15.2. The largest absolute Gasteiger partial charge is 0.444 e. The fourth-order valence-electron chi connectivity index (χ4n) is 1.63. The molecule has 124 valence electrons. The second kappa shape index (κ2) is 7.49. The maximum Gasteiger partial charge on any atom is 0.407 e. The van der Waals surface area contributed by atoms with Gasteiger partial charge in [-0.3, -0.25) is 0 Å². The summed E-state index contributed by atoms with van der Waals surface area (Å²) in [5.41, 5.74) is 1.34. The van der Waals surface area contributed by atoms with Crippen molar-refractivity contribution in [3.63, 3.8) is 0 Å². The molecule has 0 spiro atoms. The molecule has 3 N–H and O–H groups in total. The van der Waals surface area contributed by atoms with Crippen LogP contribution in [0.4, 0.5) is 10.5 Å². The van der Waals surface area contributed by atoms with Gasteiger partial charge in [0, 0.05) is 30.8 Å². The number of hydrogen-bond acceptors (Lipinski definition) is 4. The third kappa shape index (κ3) is 7.31. The molecule has 0 unspecified atom stereocenters. The standard InChI is InChI=1S/C17H28N2O3/c1-16(2,3)22-15(21)18-10-13-6-8-14(9-7-13)19-11-17(4,5)12-20/h6-9,19-20H,10-12H2,1-5H3,(H,18,21). The first-order valence-corrected chi connectivity index (χ1v) is 7.52. The van der Waals surface area contributed by atoms with Gasteiger partial charge in [-0.2, -0.15) is 0 Å². The Labute approximate surface area is 133 Å². The minimum atomic E-state index is -0.489. The van der Waals surface area contributed by atoms with E-state index in [1.165, 1.54) is 0 Å². The Morgan fingerprint density at radius 3 is 2.23 bits per heavy atom. The molecule has 1 aromatic rings. The first-order chi connectivity index (χ1) is 10.1. The summed E-state index contributed by atoms with van der Waals surface area (Å²) in [4.78, 5) is 11.6. The summed E-state index contributed by atoms with van der Waals surface area (Å²) in [7, 11) is 0. The van der Waals surface area contributed by atoms with E-state index < -0.39 is 11.7 Å². The number of aliphatic hydroxyl groups excluding tert-OH is 1. The van der Waals surface area contributed by atoms with Gasteiger partial charge in [-0.15, -0.1) is 0 Å². The molecule has 0 saturated carbocycles. The molecule has 0 aliphatic carbocycles. The quantitative estimate of drug-likeness (QED) is 0.755. The van der Waals surface area contributed by atoms with E-state index in [1.54, 1.807) is 0 Å². The normalized spacial score (nSPS) is 11.9. The predicted octanol–water partition coefficient (Wildman–Crippen LogP) is 3.14. The zero-order chi connectivity index (χ0) is 16.8. The van der Waals surface area contributed by atoms with E-state index in [9.17, 15) is 9.90 Å². The van der Waals surface area contributed by atoms with Crippen molar-refractivity contribution in [1.29, 1.82) is 0 Å². The molecule has 0 radical (unpaired) electrons. The van der Waals surface area contributed by atoms with Crippen molar-refractivity contribution in [2.45, 2.75) is 46.8 Å². The third-order valence-corrected chi connectivity index (χ3v) is 2.99. The molecular weight excluding hydrogens is 280 g/mol. The van der Waals surface area contributed by atoms with Crippen molar-refractivity contribution >= 4 is 11.8 Å². The van der Waals surface area contributed by atoms with Crippen molar-refractivity contribution in [3.8, 4) is 0 Å². The lowest BCUT2D eigenvalue weighted by molar-refractivity contribution is 0.0523. The molecule has 0 aromatic heterocycles. The van der Waals surface area contributed by atoms with Gasteiger partial charge in [0.15, 0.2) is 0 Å². The van der Waals surface area contributed by atoms with Crippen molar-refractivity contribution < 1.29 is 14.6 Å². The molecule has 0 aliphatic heterocycles. The van der Waals surface area contributed by atoms with Gasteiger partial charge >= 0.3 is 6.09 Å². The van der Waals surface area contributed by atoms with Gasteiger partial charge in [-0.05, 0) is 38.5 Å². The van der Waals surface area contributed by atoms with Gasteiger partial charge in [0.25, 0.3) is 0 Å². The zero-order valence-corrected chi connectivity index (χ0v) is 14.2. The van der Waals surface area contributed by atoms with Crippen LogP contribution in [0.15, 0.2) is 24.3 Å². The lowest BCUT2D eigenvalue weighted by atomic mass is 9.95. The van der Waals surface area contributed by atoms with Crippen LogP contribution in [0.5, 0.6) is 0 Å². The van der Waals surface area contributed by atoms with Gasteiger partial charge in [-0.1, -0.05) is 26.0 Å². The number of alkyl carbamates (subject to hydrolysis) is 1. The highest BCUT2D eigenvalue weighted by molar-refractivity contribution is 5.67. The van der Waals surface area contributed by atoms with Crippen LogP contribution in [-0.2, 0) is 11.3 Å². The van der Waals surface area contributed by atoms with Crippen molar-refractivity contribution in [1.82, 2.24) is 5.32 Å². The fourth-order valence-corrected chi connectivity index (χ4v) is 1.63. The van der Waals surface area contributed by atoms with Crippen LogP contribution in [0.25, 0.3) is 0 Å². The molecule has 0 atom stereocenters. The Balaban J connectivity index is 2.44. The van der Waals surface area contributed by atoms with E-state index >= 15 is 0 Å². The lowest BCUT2D eigenvalue weighted by Crippen LogP contribution is -2.32. The number of ether oxygens (including phenoxy) is 1. The number of amides is 1. The summed E-state index contributed by atoms with van der Waals surface area (Å²) in [6.07, 6.45) is -0.417. The highest BCUT2D eigenvalue weighted by Gasteiger charge is 2.16. The van der Waals surface area contributed by atoms with Crippen LogP contribution in [0.2, 0.25) is 0 Å². The number of carbonyl (C=O) groups is 1. The van der Waals surface area contributed by atoms with Crippen LogP contribution in [0.3, 0.4) is 0 Å². The first-order valence-electron chi connectivity index (χ1n) is 7.52. The SMILES string of the molecule is CC(C)(CO)CNc1ccc(CNC(=O)OC(C)(C)C)cc1. The van der Waals surface area contributed by atoms with Gasteiger partial charge < -0.3 is 20.5 Å². The van der Waals surface area contributed by atoms with Crippen LogP contribution in [-0.4, -0.2) is 30.0 Å². The van der Waals surface area contributed by atoms with E-state index in [0.29, 0.717) is 13.1 Å². The summed E-state index contributed by atoms with van der Waals surface area (Å²) in [6, 6.07) is 7.82. The average molecular weight is 308 g/mol. The number of rotatable bonds is 6. The number of nitrogens with one attached hydrogen (secondary N) is 2. The van der Waals surface area contributed by atoms with Crippen molar-refractivity contribution in [2.75, 3.05) is 18.5 Å². The van der Waals surface area contributed by atoms with Crippen LogP contribution < -0.4 is 10.6 Å². The van der Waals surface area contributed by atoms with Gasteiger partial charge in [0.2, 0.25) is 0 Å². The van der Waals surface area contributed by atoms with E-state index in [0.717, 1.165) is 11.3 Å². The van der Waals surface area contributed by atoms with Gasteiger partial charge in [0.05, 0.1) is 0 Å². The summed E-state index contributed by atoms with van der Waals surface area (Å²) in [5.74, 6) is 0. The third-order valence-electron chi connectivity index (χ3n) is 2.99. The minimum absolute atomic E-state index is 0.137. The molecule has 0 fully saturated rings. The summed E-state index contributed by atoms with van der Waals surface area (Å²) >= 11 is 0. The first kappa shape index (κ1) is 18.3. The Bertz CT molecular complexity index is 476. The molecule has 5 nitrogen and oxygen atoms in total. The summed E-state index contributed by atoms with van der Waals surface area (Å²) in [6.45, 7) is 10.8. The fraction of sp³-hybridized carbons (Fsp3) is 0.588. The Kier molecular flexibility index (Phi) is 6.23. The molecule has 1 amide bonds. The average Bonchev–Trinajstić information content (AvgIpc) is 2.42. The van der Waals surface area contributed by atoms with Crippen LogP contribution in [0.1, 0.15) is 40.2 Å². The molecule has 22 heavy (non-hydrogen) atoms. The smallest absolute Gasteiger partial charge is 0.407 e. The molecule has 1 aromatic carbocycles. The van der Waals surface area contributed by atoms with E-state index in [-0.39, 0.29) is 12.0 Å². The Morgan fingerprint density at radius 1 is 1.14 bits per heavy atom. The van der Waals surface area contributed by atoms with Crippen LogP contribution >= 0.6 is 0 Å². The second-order valence-corrected chi connectivity index (χ2v) is 7.23. The molecule has 0 saturated heterocycles. The van der Waals surface area contributed by atoms with E-state index in [1.807, 2.05) is 58.9 Å². The van der Waals surface area contributed by atoms with Gasteiger partial charge in [0.1, 0.15) is 5.60 Å². The summed E-state index contributed by atoms with van der Waals surface area (Å²) < 4.78 is 5.19. The Morgan fingerprint density at radius 2 is 1.73 bits per heavy atom. The number of hydrogen-bond donors (Lipinski definition) is 3. The molecule has 0 bridgehead atoms. The van der Waals surface area contributed by atoms with E-state index in [2.05, 4.69) is 10.6 Å². The Hall–Kier alpha value is -1.75.